The Balaban J connectivity index is 1.27. The zero-order valence-electron chi connectivity index (χ0n) is 17.7. The summed E-state index contributed by atoms with van der Waals surface area (Å²) >= 11 is 0. The molecule has 164 valence electrons. The van der Waals surface area contributed by atoms with Crippen molar-refractivity contribution in [1.82, 2.24) is 5.32 Å². The van der Waals surface area contributed by atoms with Gasteiger partial charge in [-0.3, -0.25) is 0 Å². The van der Waals surface area contributed by atoms with Crippen molar-refractivity contribution in [1.29, 1.82) is 0 Å². The molecule has 0 fully saturated rings. The highest BCUT2D eigenvalue weighted by Crippen LogP contribution is 2.44. The lowest BCUT2D eigenvalue weighted by Crippen LogP contribution is -2.27. The Kier molecular flexibility index (Phi) is 9.39. The van der Waals surface area contributed by atoms with Crippen molar-refractivity contribution in [2.45, 2.75) is 12.3 Å². The predicted octanol–water partition coefficient (Wildman–Crippen LogP) is 3.60. The van der Waals surface area contributed by atoms with Crippen molar-refractivity contribution >= 4 is 6.09 Å². The van der Waals surface area contributed by atoms with E-state index in [2.05, 4.69) is 35.5 Å². The smallest absolute Gasteiger partial charge is 0.407 e. The first-order valence-corrected chi connectivity index (χ1v) is 10.6. The van der Waals surface area contributed by atoms with Gasteiger partial charge >= 0.3 is 6.09 Å². The molecule has 0 atom stereocenters. The first-order chi connectivity index (χ1) is 15.3. The average Bonchev–Trinajstić information content (AvgIpc) is 3.12. The van der Waals surface area contributed by atoms with Crippen LogP contribution in [0, 0.1) is 12.3 Å². The standard InChI is InChI=1S/C25H29NO5/c1-2-13-28-15-17-30-18-16-29-14-7-12-26-25(27)31-19-24-22-10-5-3-8-20(22)21-9-4-6-11-23(21)24/h1,3-6,8-11,24H,7,12-19H2,(H,26,27). The fourth-order valence-corrected chi connectivity index (χ4v) is 3.59. The molecule has 6 nitrogen and oxygen atoms in total. The number of alkyl carbamates (subject to hydrolysis) is 1. The van der Waals surface area contributed by atoms with Crippen LogP contribution in [0.3, 0.4) is 0 Å². The fraction of sp³-hybridized carbons (Fsp3) is 0.400. The van der Waals surface area contributed by atoms with Crippen molar-refractivity contribution in [2.24, 2.45) is 0 Å². The van der Waals surface area contributed by atoms with Crippen molar-refractivity contribution in [2.75, 3.05) is 52.8 Å². The number of benzene rings is 2. The molecule has 2 aromatic carbocycles. The van der Waals surface area contributed by atoms with Gasteiger partial charge in [0.2, 0.25) is 0 Å². The number of amides is 1. The van der Waals surface area contributed by atoms with Gasteiger partial charge in [-0.25, -0.2) is 4.79 Å². The van der Waals surface area contributed by atoms with Gasteiger partial charge in [0.15, 0.2) is 0 Å². The van der Waals surface area contributed by atoms with Crippen LogP contribution in [0.2, 0.25) is 0 Å². The van der Waals surface area contributed by atoms with E-state index in [0.717, 1.165) is 0 Å². The highest BCUT2D eigenvalue weighted by Gasteiger charge is 2.28. The van der Waals surface area contributed by atoms with E-state index in [9.17, 15) is 4.79 Å². The lowest BCUT2D eigenvalue weighted by atomic mass is 9.98. The van der Waals surface area contributed by atoms with Crippen LogP contribution in [-0.4, -0.2) is 58.9 Å². The van der Waals surface area contributed by atoms with Crippen LogP contribution in [0.25, 0.3) is 11.1 Å². The molecule has 2 aromatic rings. The summed E-state index contributed by atoms with van der Waals surface area (Å²) in [5.41, 5.74) is 4.84. The largest absolute Gasteiger partial charge is 0.449 e. The van der Waals surface area contributed by atoms with Gasteiger partial charge in [-0.05, 0) is 28.7 Å². The Bertz CT molecular complexity index is 831. The van der Waals surface area contributed by atoms with Crippen LogP contribution < -0.4 is 5.32 Å². The Morgan fingerprint density at radius 1 is 0.871 bits per heavy atom. The molecule has 1 N–H and O–H groups in total. The molecule has 0 aliphatic heterocycles. The minimum atomic E-state index is -0.405. The van der Waals surface area contributed by atoms with Crippen molar-refractivity contribution in [3.05, 3.63) is 59.7 Å². The van der Waals surface area contributed by atoms with Crippen LogP contribution in [0.4, 0.5) is 4.79 Å². The van der Waals surface area contributed by atoms with E-state index in [0.29, 0.717) is 59.2 Å². The van der Waals surface area contributed by atoms with Gasteiger partial charge in [-0.2, -0.15) is 0 Å². The molecule has 0 heterocycles. The SMILES string of the molecule is C#CCOCCOCCOCCCNC(=O)OCC1c2ccccc2-c2ccccc21. The number of nitrogens with one attached hydrogen (secondary N) is 1. The highest BCUT2D eigenvalue weighted by atomic mass is 16.6. The third-order valence-corrected chi connectivity index (χ3v) is 5.01. The molecule has 0 aromatic heterocycles. The maximum atomic E-state index is 12.1. The van der Waals surface area contributed by atoms with Crippen LogP contribution in [0.5, 0.6) is 0 Å². The molecule has 31 heavy (non-hydrogen) atoms. The van der Waals surface area contributed by atoms with Crippen molar-refractivity contribution in [3.63, 3.8) is 0 Å². The number of hydrogen-bond acceptors (Lipinski definition) is 5. The maximum absolute atomic E-state index is 12.1. The summed E-state index contributed by atoms with van der Waals surface area (Å²) in [5.74, 6) is 2.46. The van der Waals surface area contributed by atoms with E-state index in [1.54, 1.807) is 0 Å². The summed E-state index contributed by atoms with van der Waals surface area (Å²) in [5, 5.41) is 2.78. The number of ether oxygens (including phenoxy) is 4. The van der Waals surface area contributed by atoms with Crippen LogP contribution in [0.1, 0.15) is 23.5 Å². The van der Waals surface area contributed by atoms with E-state index in [-0.39, 0.29) is 5.92 Å². The predicted molar refractivity (Wildman–Crippen MR) is 119 cm³/mol. The van der Waals surface area contributed by atoms with E-state index in [4.69, 9.17) is 25.4 Å². The second-order valence-corrected chi connectivity index (χ2v) is 7.09. The first kappa shape index (κ1) is 22.8. The average molecular weight is 424 g/mol. The molecule has 6 heteroatoms. The van der Waals surface area contributed by atoms with Gasteiger partial charge in [-0.15, -0.1) is 6.42 Å². The molecule has 1 amide bonds. The van der Waals surface area contributed by atoms with Crippen molar-refractivity contribution in [3.8, 4) is 23.5 Å². The second-order valence-electron chi connectivity index (χ2n) is 7.09. The second kappa shape index (κ2) is 12.8. The Morgan fingerprint density at radius 2 is 1.45 bits per heavy atom. The molecule has 0 saturated heterocycles. The third-order valence-electron chi connectivity index (χ3n) is 5.01. The molecule has 0 bridgehead atoms. The monoisotopic (exact) mass is 423 g/mol. The van der Waals surface area contributed by atoms with Gasteiger partial charge in [0.25, 0.3) is 0 Å². The van der Waals surface area contributed by atoms with Gasteiger partial charge in [0.05, 0.1) is 26.4 Å². The summed E-state index contributed by atoms with van der Waals surface area (Å²) in [6.07, 6.45) is 5.38. The van der Waals surface area contributed by atoms with Crippen molar-refractivity contribution < 1.29 is 23.7 Å². The number of terminal acetylenes is 1. The molecular formula is C25H29NO5. The van der Waals surface area contributed by atoms with E-state index in [1.807, 2.05) is 24.3 Å². The molecule has 0 unspecified atom stereocenters. The lowest BCUT2D eigenvalue weighted by molar-refractivity contribution is 0.0198. The van der Waals surface area contributed by atoms with E-state index in [1.165, 1.54) is 22.3 Å². The number of fused-ring (bicyclic) bond motifs is 3. The third kappa shape index (κ3) is 6.83. The van der Waals surface area contributed by atoms with Gasteiger partial charge in [-0.1, -0.05) is 54.5 Å². The van der Waals surface area contributed by atoms with Gasteiger partial charge < -0.3 is 24.3 Å². The summed E-state index contributed by atoms with van der Waals surface area (Å²) in [6.45, 7) is 3.63. The first-order valence-electron chi connectivity index (χ1n) is 10.6. The zero-order valence-corrected chi connectivity index (χ0v) is 17.7. The minimum Gasteiger partial charge on any atom is -0.449 e. The number of carbonyl (C=O) groups excluding carboxylic acids is 1. The zero-order chi connectivity index (χ0) is 21.7. The molecule has 3 rings (SSSR count). The fourth-order valence-electron chi connectivity index (χ4n) is 3.59. The summed E-state index contributed by atoms with van der Waals surface area (Å²) in [7, 11) is 0. The van der Waals surface area contributed by atoms with E-state index >= 15 is 0 Å². The Hall–Kier alpha value is -2.85. The normalized spacial score (nSPS) is 12.1. The molecule has 1 aliphatic rings. The maximum Gasteiger partial charge on any atom is 0.407 e. The molecule has 1 aliphatic carbocycles. The van der Waals surface area contributed by atoms with Crippen LogP contribution in [-0.2, 0) is 18.9 Å². The molecule has 0 radical (unpaired) electrons. The number of hydrogen-bond donors (Lipinski definition) is 1. The Labute approximate surface area is 183 Å². The Morgan fingerprint density at radius 3 is 2.10 bits per heavy atom. The number of carbonyl (C=O) groups is 1. The van der Waals surface area contributed by atoms with Crippen LogP contribution in [0.15, 0.2) is 48.5 Å². The van der Waals surface area contributed by atoms with E-state index < -0.39 is 6.09 Å². The summed E-state index contributed by atoms with van der Waals surface area (Å²) in [6, 6.07) is 16.6. The minimum absolute atomic E-state index is 0.0680. The highest BCUT2D eigenvalue weighted by molar-refractivity contribution is 5.79. The summed E-state index contributed by atoms with van der Waals surface area (Å²) < 4.78 is 21.4. The molecule has 0 spiro atoms. The quantitative estimate of drug-likeness (QED) is 0.394. The number of rotatable bonds is 13. The van der Waals surface area contributed by atoms with Crippen LogP contribution >= 0.6 is 0 Å². The summed E-state index contributed by atoms with van der Waals surface area (Å²) in [4.78, 5) is 12.1. The molecule has 0 saturated carbocycles. The van der Waals surface area contributed by atoms with Gasteiger partial charge in [0, 0.05) is 19.1 Å². The molecular weight excluding hydrogens is 394 g/mol. The lowest BCUT2D eigenvalue weighted by Gasteiger charge is -2.14. The van der Waals surface area contributed by atoms with Gasteiger partial charge in [0.1, 0.15) is 13.2 Å². The topological polar surface area (TPSA) is 66.0 Å².